The molecule has 11 rings (SSSR count). The number of allylic oxidation sites excluding steroid dienone is 4. The maximum absolute atomic E-state index is 2.51. The Bertz CT molecular complexity index is 2960. The van der Waals surface area contributed by atoms with Crippen molar-refractivity contribution in [1.82, 2.24) is 0 Å². The van der Waals surface area contributed by atoms with Gasteiger partial charge in [-0.25, -0.2) is 0 Å². The van der Waals surface area contributed by atoms with Gasteiger partial charge in [0.15, 0.2) is 0 Å². The van der Waals surface area contributed by atoms with Crippen molar-refractivity contribution >= 4 is 61.0 Å². The Hall–Kier alpha value is -6.44. The fourth-order valence-corrected chi connectivity index (χ4v) is 9.53. The molecule has 1 nitrogen and oxygen atoms in total. The van der Waals surface area contributed by atoms with E-state index in [1.165, 1.54) is 87.3 Å². The van der Waals surface area contributed by atoms with Crippen LogP contribution < -0.4 is 15.3 Å². The minimum Gasteiger partial charge on any atom is -0.310 e. The van der Waals surface area contributed by atoms with E-state index < -0.39 is 0 Å². The molecule has 8 aromatic rings. The third-order valence-electron chi connectivity index (χ3n) is 11.6. The first-order chi connectivity index (χ1) is 25.6. The van der Waals surface area contributed by atoms with Crippen molar-refractivity contribution in [2.24, 2.45) is 0 Å². The van der Waals surface area contributed by atoms with Crippen LogP contribution in [0.1, 0.15) is 22.3 Å². The lowest BCUT2D eigenvalue weighted by Crippen LogP contribution is -2.33. The smallest absolute Gasteiger partial charge is 0.0659 e. The number of benzene rings is 8. The summed E-state index contributed by atoms with van der Waals surface area (Å²) in [5.74, 6) is 0. The first-order valence-corrected chi connectivity index (χ1v) is 18.3. The lowest BCUT2D eigenvalue weighted by Gasteiger charge is -2.34. The summed E-state index contributed by atoms with van der Waals surface area (Å²) in [7, 11) is 0. The highest BCUT2D eigenvalue weighted by Crippen LogP contribution is 2.57. The van der Waals surface area contributed by atoms with Crippen LogP contribution >= 0.6 is 0 Å². The Morgan fingerprint density at radius 3 is 1.67 bits per heavy atom. The Morgan fingerprint density at radius 2 is 1.02 bits per heavy atom. The molecule has 0 radical (unpaired) electrons. The number of fused-ring (bicyclic) bond motifs is 14. The lowest BCUT2D eigenvalue weighted by molar-refractivity contribution is 0.859. The van der Waals surface area contributed by atoms with Gasteiger partial charge in [-0.2, -0.15) is 0 Å². The quantitative estimate of drug-likeness (QED) is 0.170. The zero-order chi connectivity index (χ0) is 34.6. The number of hydrogen-bond acceptors (Lipinski definition) is 1. The summed E-state index contributed by atoms with van der Waals surface area (Å²) in [6.45, 7) is 4.34. The Balaban J connectivity index is 1.22. The van der Waals surface area contributed by atoms with E-state index in [0.717, 1.165) is 17.1 Å². The molecule has 0 atom stereocenters. The van der Waals surface area contributed by atoms with E-state index >= 15 is 0 Å². The summed E-state index contributed by atoms with van der Waals surface area (Å²) in [6, 6.07) is 56.7. The van der Waals surface area contributed by atoms with Gasteiger partial charge in [-0.3, -0.25) is 0 Å². The highest BCUT2D eigenvalue weighted by molar-refractivity contribution is 6.26. The second-order valence-electron chi connectivity index (χ2n) is 14.7. The van der Waals surface area contributed by atoms with E-state index in [2.05, 4.69) is 195 Å². The normalized spacial score (nSPS) is 14.7. The molecule has 1 spiro atoms. The van der Waals surface area contributed by atoms with E-state index in [4.69, 9.17) is 0 Å². The van der Waals surface area contributed by atoms with Gasteiger partial charge in [0.05, 0.1) is 5.41 Å². The SMILES string of the molecule is Cc1cccc(N(c2cccc(C)c2)c2ccc3c(c2)c2ccccc2c2cc4c(cc32)=C2C(=CC=CC23c2ccccc2-c2ccccc23)C=4)c1. The van der Waals surface area contributed by atoms with Crippen LogP contribution in [-0.2, 0) is 5.41 Å². The molecule has 0 unspecified atom stereocenters. The monoisotopic (exact) mass is 661 g/mol. The standard InChI is InChI=1S/C51H35N/c1-32-12-9-15-36(26-32)52(37-16-10-13-33(2)27-37)38-23-24-41-46(30-38)40-18-4-3-17-39(40)45-29-35-28-34-14-11-25-51(50(34)44(35)31-47(41)45)48-21-7-5-19-42(48)43-20-6-8-22-49(43)51/h3-31H,1-2H3. The molecule has 244 valence electrons. The van der Waals surface area contributed by atoms with Crippen LogP contribution in [0.15, 0.2) is 175 Å². The molecule has 8 aromatic carbocycles. The number of anilines is 3. The fourth-order valence-electron chi connectivity index (χ4n) is 9.53. The first-order valence-electron chi connectivity index (χ1n) is 18.3. The first kappa shape index (κ1) is 29.3. The number of aryl methyl sites for hydroxylation is 2. The molecule has 1 heteroatoms. The lowest BCUT2D eigenvalue weighted by atomic mass is 9.67. The van der Waals surface area contributed by atoms with Gasteiger partial charge >= 0.3 is 0 Å². The van der Waals surface area contributed by atoms with E-state index in [9.17, 15) is 0 Å². The molecule has 0 aliphatic heterocycles. The van der Waals surface area contributed by atoms with E-state index in [1.54, 1.807) is 0 Å². The molecular formula is C51H35N. The number of rotatable bonds is 3. The van der Waals surface area contributed by atoms with Crippen LogP contribution in [0.25, 0.3) is 55.1 Å². The molecule has 0 amide bonds. The molecule has 0 saturated carbocycles. The van der Waals surface area contributed by atoms with Crippen LogP contribution in [0, 0.1) is 13.8 Å². The summed E-state index contributed by atoms with van der Waals surface area (Å²) in [6.07, 6.45) is 9.45. The van der Waals surface area contributed by atoms with Gasteiger partial charge in [-0.05, 0) is 156 Å². The van der Waals surface area contributed by atoms with Crippen LogP contribution in [0.2, 0.25) is 0 Å². The van der Waals surface area contributed by atoms with Crippen molar-refractivity contribution in [1.29, 1.82) is 0 Å². The van der Waals surface area contributed by atoms with E-state index in [0.29, 0.717) is 0 Å². The maximum Gasteiger partial charge on any atom is 0.0659 e. The summed E-state index contributed by atoms with van der Waals surface area (Å²) in [4.78, 5) is 2.40. The van der Waals surface area contributed by atoms with Gasteiger partial charge in [0.2, 0.25) is 0 Å². The van der Waals surface area contributed by atoms with Crippen LogP contribution in [0.5, 0.6) is 0 Å². The van der Waals surface area contributed by atoms with Crippen molar-refractivity contribution in [2.45, 2.75) is 19.3 Å². The van der Waals surface area contributed by atoms with Crippen molar-refractivity contribution < 1.29 is 0 Å². The minimum absolute atomic E-state index is 0.339. The average Bonchev–Trinajstić information content (AvgIpc) is 3.68. The Morgan fingerprint density at radius 1 is 0.462 bits per heavy atom. The van der Waals surface area contributed by atoms with Crippen molar-refractivity contribution in [3.8, 4) is 11.1 Å². The van der Waals surface area contributed by atoms with Gasteiger partial charge < -0.3 is 4.90 Å². The van der Waals surface area contributed by atoms with Gasteiger partial charge in [0, 0.05) is 17.1 Å². The molecule has 52 heavy (non-hydrogen) atoms. The van der Waals surface area contributed by atoms with E-state index in [1.807, 2.05) is 0 Å². The number of hydrogen-bond donors (Lipinski definition) is 0. The molecular weight excluding hydrogens is 627 g/mol. The third kappa shape index (κ3) is 3.99. The molecule has 0 fully saturated rings. The molecule has 3 aliphatic rings. The topological polar surface area (TPSA) is 3.24 Å². The molecule has 0 aromatic heterocycles. The zero-order valence-electron chi connectivity index (χ0n) is 29.2. The largest absolute Gasteiger partial charge is 0.310 e. The van der Waals surface area contributed by atoms with Gasteiger partial charge in [-0.1, -0.05) is 121 Å². The number of nitrogens with zero attached hydrogens (tertiary/aromatic N) is 1. The second kappa shape index (κ2) is 10.8. The molecule has 0 heterocycles. The van der Waals surface area contributed by atoms with Crippen LogP contribution in [0.3, 0.4) is 0 Å². The Labute approximate surface area is 303 Å². The molecule has 0 bridgehead atoms. The molecule has 0 N–H and O–H groups in total. The van der Waals surface area contributed by atoms with Crippen LogP contribution in [-0.4, -0.2) is 0 Å². The van der Waals surface area contributed by atoms with Gasteiger partial charge in [0.25, 0.3) is 0 Å². The second-order valence-corrected chi connectivity index (χ2v) is 14.7. The van der Waals surface area contributed by atoms with Crippen molar-refractivity contribution in [3.05, 3.63) is 208 Å². The molecule has 0 saturated heterocycles. The van der Waals surface area contributed by atoms with Crippen molar-refractivity contribution in [2.75, 3.05) is 4.90 Å². The summed E-state index contributed by atoms with van der Waals surface area (Å²) >= 11 is 0. The van der Waals surface area contributed by atoms with E-state index in [-0.39, 0.29) is 5.41 Å². The Kier molecular flexibility index (Phi) is 6.08. The average molecular weight is 662 g/mol. The maximum atomic E-state index is 2.51. The van der Waals surface area contributed by atoms with Gasteiger partial charge in [-0.15, -0.1) is 0 Å². The highest BCUT2D eigenvalue weighted by Gasteiger charge is 2.46. The minimum atomic E-state index is -0.339. The summed E-state index contributed by atoms with van der Waals surface area (Å²) in [5, 5.41) is 10.3. The fraction of sp³-hybridized carbons (Fsp3) is 0.0588. The van der Waals surface area contributed by atoms with Crippen LogP contribution in [0.4, 0.5) is 17.1 Å². The highest BCUT2D eigenvalue weighted by atomic mass is 15.1. The molecule has 3 aliphatic carbocycles. The predicted molar refractivity (Wildman–Crippen MR) is 220 cm³/mol. The van der Waals surface area contributed by atoms with Gasteiger partial charge in [0.1, 0.15) is 0 Å². The third-order valence-corrected chi connectivity index (χ3v) is 11.6. The summed E-state index contributed by atoms with van der Waals surface area (Å²) in [5.41, 5.74) is 13.7. The summed E-state index contributed by atoms with van der Waals surface area (Å²) < 4.78 is 0. The zero-order valence-corrected chi connectivity index (χ0v) is 29.2. The predicted octanol–water partition coefficient (Wildman–Crippen LogP) is 11.6. The van der Waals surface area contributed by atoms with Crippen molar-refractivity contribution in [3.63, 3.8) is 0 Å².